The molecule has 4 heterocycles. The maximum atomic E-state index is 13.3. The van der Waals surface area contributed by atoms with E-state index in [-0.39, 0.29) is 11.6 Å². The molecule has 0 radical (unpaired) electrons. The number of piperidine rings is 2. The number of nitrogens with zero attached hydrogens (tertiary/aromatic N) is 6. The van der Waals surface area contributed by atoms with Crippen LogP contribution in [-0.4, -0.2) is 58.4 Å². The Morgan fingerprint density at radius 1 is 0.941 bits per heavy atom. The average molecular weight is 465 g/mol. The minimum atomic E-state index is -0.429. The predicted octanol–water partition coefficient (Wildman–Crippen LogP) is 3.87. The molecular weight excluding hydrogens is 432 g/mol. The highest BCUT2D eigenvalue weighted by Gasteiger charge is 2.30. The fourth-order valence-corrected chi connectivity index (χ4v) is 5.28. The van der Waals surface area contributed by atoms with Gasteiger partial charge in [-0.15, -0.1) is 0 Å². The van der Waals surface area contributed by atoms with Gasteiger partial charge in [0.15, 0.2) is 0 Å². The molecule has 34 heavy (non-hydrogen) atoms. The van der Waals surface area contributed by atoms with Crippen LogP contribution in [0, 0.1) is 17.0 Å². The maximum absolute atomic E-state index is 13.3. The average Bonchev–Trinajstić information content (AvgIpc) is 2.88. The lowest BCUT2D eigenvalue weighted by Gasteiger charge is -2.36. The van der Waals surface area contributed by atoms with Gasteiger partial charge in [-0.25, -0.2) is 4.98 Å². The molecule has 0 aliphatic carbocycles. The molecule has 3 aliphatic rings. The highest BCUT2D eigenvalue weighted by molar-refractivity contribution is 5.95. The van der Waals surface area contributed by atoms with Crippen LogP contribution in [0.4, 0.5) is 17.5 Å². The lowest BCUT2D eigenvalue weighted by molar-refractivity contribution is -0.385. The van der Waals surface area contributed by atoms with Gasteiger partial charge in [-0.3, -0.25) is 14.9 Å². The van der Waals surface area contributed by atoms with Gasteiger partial charge in [-0.2, -0.15) is 4.98 Å². The van der Waals surface area contributed by atoms with E-state index in [1.807, 2.05) is 0 Å². The third-order valence-electron chi connectivity index (χ3n) is 7.26. The Kier molecular flexibility index (Phi) is 6.34. The Labute approximate surface area is 199 Å². The number of fused-ring (bicyclic) bond motifs is 1. The molecule has 5 rings (SSSR count). The van der Waals surface area contributed by atoms with Gasteiger partial charge < -0.3 is 14.7 Å². The van der Waals surface area contributed by atoms with Crippen LogP contribution in [0.5, 0.6) is 0 Å². The standard InChI is InChI=1S/C25H32N6O3/c1-18-8-9-19(16-22(18)31(33)34)24(32)30-15-10-21-20(17-30)23(28-11-4-2-5-12-28)27-25(26-21)29-13-6-3-7-14-29/h8-9,16H,2-7,10-15,17H2,1H3. The summed E-state index contributed by atoms with van der Waals surface area (Å²) in [4.78, 5) is 40.8. The minimum absolute atomic E-state index is 0.0215. The number of anilines is 2. The van der Waals surface area contributed by atoms with E-state index in [0.29, 0.717) is 30.6 Å². The molecule has 0 spiro atoms. The third-order valence-corrected chi connectivity index (χ3v) is 7.26. The molecule has 0 saturated carbocycles. The number of carbonyl (C=O) groups is 1. The molecule has 180 valence electrons. The summed E-state index contributed by atoms with van der Waals surface area (Å²) in [6.45, 7) is 6.60. The molecule has 9 nitrogen and oxygen atoms in total. The zero-order chi connectivity index (χ0) is 23.7. The van der Waals surface area contributed by atoms with Crippen LogP contribution in [0.25, 0.3) is 0 Å². The van der Waals surface area contributed by atoms with E-state index in [0.717, 1.165) is 62.0 Å². The van der Waals surface area contributed by atoms with Gasteiger partial charge in [-0.1, -0.05) is 6.07 Å². The molecule has 2 fully saturated rings. The summed E-state index contributed by atoms with van der Waals surface area (Å²) in [6, 6.07) is 4.73. The van der Waals surface area contributed by atoms with Gasteiger partial charge in [-0.05, 0) is 51.5 Å². The molecule has 1 amide bonds. The minimum Gasteiger partial charge on any atom is -0.356 e. The van der Waals surface area contributed by atoms with E-state index in [1.165, 1.54) is 31.7 Å². The summed E-state index contributed by atoms with van der Waals surface area (Å²) in [5.74, 6) is 1.61. The van der Waals surface area contributed by atoms with Crippen LogP contribution in [0.1, 0.15) is 65.7 Å². The normalized spacial score (nSPS) is 18.6. The SMILES string of the molecule is Cc1ccc(C(=O)N2CCc3nc(N4CCCCC4)nc(N4CCCCC4)c3C2)cc1[N+](=O)[O-]. The number of hydrogen-bond acceptors (Lipinski definition) is 7. The van der Waals surface area contributed by atoms with Crippen LogP contribution in [0.2, 0.25) is 0 Å². The second kappa shape index (κ2) is 9.56. The quantitative estimate of drug-likeness (QED) is 0.501. The largest absolute Gasteiger partial charge is 0.356 e. The molecule has 0 atom stereocenters. The van der Waals surface area contributed by atoms with Crippen LogP contribution in [-0.2, 0) is 13.0 Å². The molecule has 0 N–H and O–H groups in total. The van der Waals surface area contributed by atoms with Gasteiger partial charge in [0.1, 0.15) is 5.82 Å². The fourth-order valence-electron chi connectivity index (χ4n) is 5.28. The van der Waals surface area contributed by atoms with Gasteiger partial charge in [0.25, 0.3) is 11.6 Å². The Hall–Kier alpha value is -3.23. The molecule has 3 aliphatic heterocycles. The van der Waals surface area contributed by atoms with E-state index < -0.39 is 4.92 Å². The van der Waals surface area contributed by atoms with E-state index >= 15 is 0 Å². The first-order chi connectivity index (χ1) is 16.5. The number of carbonyl (C=O) groups excluding carboxylic acids is 1. The number of benzene rings is 1. The molecule has 0 unspecified atom stereocenters. The Morgan fingerprint density at radius 3 is 2.29 bits per heavy atom. The maximum Gasteiger partial charge on any atom is 0.273 e. The zero-order valence-electron chi connectivity index (χ0n) is 19.8. The van der Waals surface area contributed by atoms with Crippen LogP contribution < -0.4 is 9.80 Å². The number of nitro benzene ring substituents is 1. The third kappa shape index (κ3) is 4.43. The van der Waals surface area contributed by atoms with Crippen molar-refractivity contribution in [3.05, 3.63) is 50.7 Å². The highest BCUT2D eigenvalue weighted by Crippen LogP contribution is 2.32. The number of aryl methyl sites for hydroxylation is 1. The fraction of sp³-hybridized carbons (Fsp3) is 0.560. The lowest BCUT2D eigenvalue weighted by Crippen LogP contribution is -2.40. The first-order valence-electron chi connectivity index (χ1n) is 12.5. The number of nitro groups is 1. The smallest absolute Gasteiger partial charge is 0.273 e. The molecule has 1 aromatic carbocycles. The van der Waals surface area contributed by atoms with Crippen molar-refractivity contribution < 1.29 is 9.72 Å². The van der Waals surface area contributed by atoms with Gasteiger partial charge in [0.05, 0.1) is 17.2 Å². The molecule has 0 bridgehead atoms. The summed E-state index contributed by atoms with van der Waals surface area (Å²) in [7, 11) is 0. The summed E-state index contributed by atoms with van der Waals surface area (Å²) in [6.07, 6.45) is 7.80. The topological polar surface area (TPSA) is 95.7 Å². The molecule has 2 aromatic rings. The number of rotatable bonds is 4. The second-order valence-corrected chi connectivity index (χ2v) is 9.60. The van der Waals surface area contributed by atoms with Crippen molar-refractivity contribution in [2.75, 3.05) is 42.5 Å². The predicted molar refractivity (Wildman–Crippen MR) is 130 cm³/mol. The van der Waals surface area contributed by atoms with E-state index in [9.17, 15) is 14.9 Å². The van der Waals surface area contributed by atoms with Crippen molar-refractivity contribution >= 4 is 23.4 Å². The number of hydrogen-bond donors (Lipinski definition) is 0. The van der Waals surface area contributed by atoms with Crippen molar-refractivity contribution in [1.82, 2.24) is 14.9 Å². The van der Waals surface area contributed by atoms with Gasteiger partial charge in [0, 0.05) is 61.9 Å². The Bertz CT molecular complexity index is 1090. The van der Waals surface area contributed by atoms with Crippen molar-refractivity contribution in [3.8, 4) is 0 Å². The van der Waals surface area contributed by atoms with E-state index in [2.05, 4.69) is 9.80 Å². The van der Waals surface area contributed by atoms with Crippen molar-refractivity contribution in [3.63, 3.8) is 0 Å². The van der Waals surface area contributed by atoms with Gasteiger partial charge >= 0.3 is 0 Å². The van der Waals surface area contributed by atoms with Crippen LogP contribution in [0.3, 0.4) is 0 Å². The first kappa shape index (κ1) is 22.6. The molecule has 1 aromatic heterocycles. The van der Waals surface area contributed by atoms with E-state index in [1.54, 1.807) is 24.0 Å². The monoisotopic (exact) mass is 464 g/mol. The summed E-state index contributed by atoms with van der Waals surface area (Å²) in [5.41, 5.74) is 2.95. The second-order valence-electron chi connectivity index (χ2n) is 9.60. The van der Waals surface area contributed by atoms with Gasteiger partial charge in [0.2, 0.25) is 5.95 Å². The number of amides is 1. The summed E-state index contributed by atoms with van der Waals surface area (Å²) in [5, 5.41) is 11.4. The number of aromatic nitrogens is 2. The van der Waals surface area contributed by atoms with Crippen LogP contribution >= 0.6 is 0 Å². The van der Waals surface area contributed by atoms with Crippen LogP contribution in [0.15, 0.2) is 18.2 Å². The zero-order valence-corrected chi connectivity index (χ0v) is 19.8. The van der Waals surface area contributed by atoms with E-state index in [4.69, 9.17) is 9.97 Å². The Morgan fingerprint density at radius 2 is 1.62 bits per heavy atom. The summed E-state index contributed by atoms with van der Waals surface area (Å²) >= 11 is 0. The molecular formula is C25H32N6O3. The molecule has 2 saturated heterocycles. The van der Waals surface area contributed by atoms with Crippen molar-refractivity contribution in [1.29, 1.82) is 0 Å². The first-order valence-corrected chi connectivity index (χ1v) is 12.5. The lowest BCUT2D eigenvalue weighted by atomic mass is 10.0. The molecule has 9 heteroatoms. The van der Waals surface area contributed by atoms with Crippen molar-refractivity contribution in [2.45, 2.75) is 58.4 Å². The Balaban J connectivity index is 1.46. The van der Waals surface area contributed by atoms with Crippen molar-refractivity contribution in [2.24, 2.45) is 0 Å². The summed E-state index contributed by atoms with van der Waals surface area (Å²) < 4.78 is 0. The highest BCUT2D eigenvalue weighted by atomic mass is 16.6.